The van der Waals surface area contributed by atoms with Gasteiger partial charge in [-0.05, 0) is 55.3 Å². The molecular weight excluding hydrogens is 362 g/mol. The Morgan fingerprint density at radius 2 is 1.93 bits per heavy atom. The van der Waals surface area contributed by atoms with Crippen LogP contribution in [0.15, 0.2) is 48.5 Å². The van der Waals surface area contributed by atoms with Gasteiger partial charge in [0.15, 0.2) is 0 Å². The number of hydrogen-bond acceptors (Lipinski definition) is 3. The maximum absolute atomic E-state index is 13.2. The van der Waals surface area contributed by atoms with Crippen molar-refractivity contribution in [2.24, 2.45) is 5.73 Å². The van der Waals surface area contributed by atoms with E-state index in [1.807, 2.05) is 60.5 Å². The number of likely N-dealkylation sites (N-methyl/N-ethyl adjacent to an activating group) is 2. The summed E-state index contributed by atoms with van der Waals surface area (Å²) in [5, 5.41) is 0. The van der Waals surface area contributed by atoms with Gasteiger partial charge in [-0.25, -0.2) is 0 Å². The van der Waals surface area contributed by atoms with E-state index in [2.05, 4.69) is 18.9 Å². The van der Waals surface area contributed by atoms with Gasteiger partial charge in [-0.2, -0.15) is 0 Å². The molecule has 0 spiro atoms. The standard InChI is InChI=1S/C24H29N3O2/c1-24-11-12-26(2)20(15-17-9-10-18(23(25)29)14-19(17)24)22(24)27(3)21(28)13-16-7-5-4-6-8-16/h4-10,14,20,22H,11-13,15H2,1-3H3,(H2,25,29)/t20-,22+,24-/m1/s1. The summed E-state index contributed by atoms with van der Waals surface area (Å²) in [5.41, 5.74) is 9.34. The lowest BCUT2D eigenvalue weighted by atomic mass is 9.61. The first kappa shape index (κ1) is 19.6. The van der Waals surface area contributed by atoms with Crippen molar-refractivity contribution in [3.05, 3.63) is 70.8 Å². The molecule has 0 unspecified atom stereocenters. The van der Waals surface area contributed by atoms with Gasteiger partial charge in [0.25, 0.3) is 0 Å². The van der Waals surface area contributed by atoms with Crippen LogP contribution < -0.4 is 5.73 Å². The van der Waals surface area contributed by atoms with Crippen LogP contribution in [0.3, 0.4) is 0 Å². The molecule has 2 aliphatic rings. The molecule has 2 aromatic carbocycles. The van der Waals surface area contributed by atoms with E-state index >= 15 is 0 Å². The van der Waals surface area contributed by atoms with Crippen molar-refractivity contribution in [2.45, 2.75) is 43.7 Å². The van der Waals surface area contributed by atoms with Gasteiger partial charge in [0.1, 0.15) is 0 Å². The van der Waals surface area contributed by atoms with Crippen molar-refractivity contribution >= 4 is 11.8 Å². The second kappa shape index (κ2) is 7.30. The predicted octanol–water partition coefficient (Wildman–Crippen LogP) is 2.37. The Morgan fingerprint density at radius 1 is 1.21 bits per heavy atom. The minimum Gasteiger partial charge on any atom is -0.366 e. The lowest BCUT2D eigenvalue weighted by Gasteiger charge is -2.57. The number of carbonyl (C=O) groups excluding carboxylic acids is 2. The molecule has 2 bridgehead atoms. The van der Waals surface area contributed by atoms with Crippen LogP contribution in [0.25, 0.3) is 0 Å². The number of nitrogens with zero attached hydrogens (tertiary/aromatic N) is 2. The lowest BCUT2D eigenvalue weighted by Crippen LogP contribution is -2.67. The molecule has 29 heavy (non-hydrogen) atoms. The maximum atomic E-state index is 13.2. The molecule has 2 amide bonds. The molecule has 1 fully saturated rings. The first-order valence-electron chi connectivity index (χ1n) is 10.2. The predicted molar refractivity (Wildman–Crippen MR) is 114 cm³/mol. The Morgan fingerprint density at radius 3 is 2.62 bits per heavy atom. The van der Waals surface area contributed by atoms with E-state index in [4.69, 9.17) is 5.73 Å². The number of primary amides is 1. The van der Waals surface area contributed by atoms with E-state index < -0.39 is 5.91 Å². The summed E-state index contributed by atoms with van der Waals surface area (Å²) in [7, 11) is 4.08. The zero-order chi connectivity index (χ0) is 20.8. The van der Waals surface area contributed by atoms with Crippen LogP contribution in [0.5, 0.6) is 0 Å². The maximum Gasteiger partial charge on any atom is 0.248 e. The molecule has 0 saturated carbocycles. The van der Waals surface area contributed by atoms with Gasteiger partial charge in [0.2, 0.25) is 11.8 Å². The molecule has 0 aromatic heterocycles. The van der Waals surface area contributed by atoms with Gasteiger partial charge in [0, 0.05) is 24.1 Å². The second-order valence-corrected chi connectivity index (χ2v) is 8.77. The Labute approximate surface area is 172 Å². The average molecular weight is 392 g/mol. The fraction of sp³-hybridized carbons (Fsp3) is 0.417. The highest BCUT2D eigenvalue weighted by atomic mass is 16.2. The summed E-state index contributed by atoms with van der Waals surface area (Å²) >= 11 is 0. The summed E-state index contributed by atoms with van der Waals surface area (Å²) in [6.07, 6.45) is 2.20. The van der Waals surface area contributed by atoms with Crippen LogP contribution in [0.1, 0.15) is 40.4 Å². The summed E-state index contributed by atoms with van der Waals surface area (Å²) in [6.45, 7) is 3.21. The number of nitrogens with two attached hydrogens (primary N) is 1. The number of benzene rings is 2. The summed E-state index contributed by atoms with van der Waals surface area (Å²) in [5.74, 6) is -0.279. The zero-order valence-electron chi connectivity index (χ0n) is 17.4. The Bertz CT molecular complexity index is 942. The summed E-state index contributed by atoms with van der Waals surface area (Å²) in [4.78, 5) is 29.3. The number of hydrogen-bond donors (Lipinski definition) is 1. The molecule has 2 N–H and O–H groups in total. The molecular formula is C24H29N3O2. The van der Waals surface area contributed by atoms with E-state index in [9.17, 15) is 9.59 Å². The van der Waals surface area contributed by atoms with Gasteiger partial charge in [0.05, 0.1) is 12.5 Å². The number of likely N-dealkylation sites (tertiary alicyclic amines) is 1. The van der Waals surface area contributed by atoms with E-state index in [0.717, 1.165) is 24.9 Å². The molecule has 2 aromatic rings. The molecule has 3 atom stereocenters. The topological polar surface area (TPSA) is 66.6 Å². The fourth-order valence-corrected chi connectivity index (χ4v) is 5.35. The summed E-state index contributed by atoms with van der Waals surface area (Å²) in [6, 6.07) is 16.0. The Kier molecular flexibility index (Phi) is 4.95. The van der Waals surface area contributed by atoms with Crippen molar-refractivity contribution in [2.75, 3.05) is 20.6 Å². The number of fused-ring (bicyclic) bond motifs is 4. The monoisotopic (exact) mass is 391 g/mol. The third-order valence-electron chi connectivity index (χ3n) is 7.01. The van der Waals surface area contributed by atoms with Crippen molar-refractivity contribution in [3.8, 4) is 0 Å². The third-order valence-corrected chi connectivity index (χ3v) is 7.01. The van der Waals surface area contributed by atoms with Gasteiger partial charge in [-0.3, -0.25) is 9.59 Å². The summed E-state index contributed by atoms with van der Waals surface area (Å²) < 4.78 is 0. The van der Waals surface area contributed by atoms with Crippen LogP contribution in [-0.4, -0.2) is 54.3 Å². The molecule has 1 aliphatic heterocycles. The first-order chi connectivity index (χ1) is 13.8. The van der Waals surface area contributed by atoms with Gasteiger partial charge >= 0.3 is 0 Å². The van der Waals surface area contributed by atoms with E-state index in [1.54, 1.807) is 0 Å². The minimum atomic E-state index is -0.406. The van der Waals surface area contributed by atoms with Crippen LogP contribution in [0.2, 0.25) is 0 Å². The smallest absolute Gasteiger partial charge is 0.248 e. The molecule has 1 aliphatic carbocycles. The van der Waals surface area contributed by atoms with Crippen molar-refractivity contribution in [3.63, 3.8) is 0 Å². The minimum absolute atomic E-state index is 0.0492. The quantitative estimate of drug-likeness (QED) is 0.870. The van der Waals surface area contributed by atoms with Gasteiger partial charge in [-0.15, -0.1) is 0 Å². The van der Waals surface area contributed by atoms with Crippen LogP contribution >= 0.6 is 0 Å². The SMILES string of the molecule is CN1CC[C@]2(C)c3cc(C(N)=O)ccc3C[C@@H]1[C@@H]2N(C)C(=O)Cc1ccccc1. The first-order valence-corrected chi connectivity index (χ1v) is 10.2. The second-order valence-electron chi connectivity index (χ2n) is 8.77. The third kappa shape index (κ3) is 3.33. The Hall–Kier alpha value is -2.66. The molecule has 5 heteroatoms. The fourth-order valence-electron chi connectivity index (χ4n) is 5.35. The molecule has 0 radical (unpaired) electrons. The zero-order valence-corrected chi connectivity index (χ0v) is 17.4. The normalized spacial score (nSPS) is 25.9. The van der Waals surface area contributed by atoms with E-state index in [0.29, 0.717) is 12.0 Å². The number of carbonyl (C=O) groups is 2. The molecule has 1 saturated heterocycles. The molecule has 5 nitrogen and oxygen atoms in total. The van der Waals surface area contributed by atoms with Crippen molar-refractivity contribution in [1.29, 1.82) is 0 Å². The lowest BCUT2D eigenvalue weighted by molar-refractivity contribution is -0.136. The van der Waals surface area contributed by atoms with Crippen molar-refractivity contribution < 1.29 is 9.59 Å². The molecule has 4 rings (SSSR count). The number of amides is 2. The van der Waals surface area contributed by atoms with Crippen LogP contribution in [-0.2, 0) is 23.1 Å². The highest BCUT2D eigenvalue weighted by molar-refractivity contribution is 5.93. The van der Waals surface area contributed by atoms with Crippen molar-refractivity contribution in [1.82, 2.24) is 9.80 Å². The van der Waals surface area contributed by atoms with Crippen LogP contribution in [0, 0.1) is 0 Å². The Balaban J connectivity index is 1.71. The molecule has 1 heterocycles. The van der Waals surface area contributed by atoms with E-state index in [-0.39, 0.29) is 23.4 Å². The van der Waals surface area contributed by atoms with Gasteiger partial charge < -0.3 is 15.5 Å². The largest absolute Gasteiger partial charge is 0.366 e. The average Bonchev–Trinajstić information content (AvgIpc) is 2.71. The van der Waals surface area contributed by atoms with Crippen LogP contribution in [0.4, 0.5) is 0 Å². The number of piperidine rings is 1. The number of rotatable bonds is 4. The van der Waals surface area contributed by atoms with Gasteiger partial charge in [-0.1, -0.05) is 43.3 Å². The highest BCUT2D eigenvalue weighted by Crippen LogP contribution is 2.46. The molecule has 152 valence electrons. The van der Waals surface area contributed by atoms with E-state index in [1.165, 1.54) is 11.1 Å². The highest BCUT2D eigenvalue weighted by Gasteiger charge is 2.52.